The lowest BCUT2D eigenvalue weighted by Gasteiger charge is -2.44. The molecule has 3 aromatic rings. The van der Waals surface area contributed by atoms with Crippen molar-refractivity contribution in [2.45, 2.75) is 68.5 Å². The minimum Gasteiger partial charge on any atom is -0.507 e. The van der Waals surface area contributed by atoms with Crippen LogP contribution in [0.15, 0.2) is 46.1 Å². The highest BCUT2D eigenvalue weighted by atomic mass is 35.5. The van der Waals surface area contributed by atoms with Crippen molar-refractivity contribution in [3.8, 4) is 16.9 Å². The van der Waals surface area contributed by atoms with Crippen LogP contribution in [-0.2, 0) is 11.0 Å². The van der Waals surface area contributed by atoms with E-state index in [1.54, 1.807) is 0 Å². The van der Waals surface area contributed by atoms with Gasteiger partial charge in [-0.3, -0.25) is 9.59 Å². The van der Waals surface area contributed by atoms with E-state index in [0.29, 0.717) is 12.5 Å². The number of carbonyl (C=O) groups excluding carboxylic acids is 1. The van der Waals surface area contributed by atoms with Gasteiger partial charge in [0.1, 0.15) is 11.5 Å². The molecule has 2 aliphatic rings. The number of nitrogens with one attached hydrogen (secondary N) is 1. The Morgan fingerprint density at radius 3 is 2.67 bits per heavy atom. The summed E-state index contributed by atoms with van der Waals surface area (Å²) >= 11 is 7.14. The van der Waals surface area contributed by atoms with Crippen molar-refractivity contribution in [1.82, 2.24) is 9.88 Å². The molecule has 2 fully saturated rings. The minimum absolute atomic E-state index is 0.00602. The number of aromatic amines is 1. The number of halogens is 4. The smallest absolute Gasteiger partial charge is 0.416 e. The van der Waals surface area contributed by atoms with Gasteiger partial charge in [-0.25, -0.2) is 0 Å². The van der Waals surface area contributed by atoms with Gasteiger partial charge in [0, 0.05) is 39.5 Å². The highest BCUT2D eigenvalue weighted by Gasteiger charge is 2.33. The van der Waals surface area contributed by atoms with E-state index < -0.39 is 17.3 Å². The van der Waals surface area contributed by atoms with Crippen molar-refractivity contribution < 1.29 is 23.1 Å². The lowest BCUT2D eigenvalue weighted by atomic mass is 9.78. The van der Waals surface area contributed by atoms with Gasteiger partial charge < -0.3 is 15.0 Å². The summed E-state index contributed by atoms with van der Waals surface area (Å²) in [7, 11) is 0. The molecule has 10 heteroatoms. The normalized spacial score (nSPS) is 20.0. The zero-order valence-electron chi connectivity index (χ0n) is 22.0. The molecule has 1 saturated carbocycles. The third-order valence-electron chi connectivity index (χ3n) is 8.16. The number of thioether (sulfide) groups is 1. The molecule has 1 aromatic heterocycles. The molecule has 0 spiro atoms. The third-order valence-corrected chi connectivity index (χ3v) is 9.54. The monoisotopic (exact) mass is 592 g/mol. The van der Waals surface area contributed by atoms with Crippen molar-refractivity contribution in [2.24, 2.45) is 5.92 Å². The molecule has 2 atom stereocenters. The van der Waals surface area contributed by atoms with E-state index in [1.165, 1.54) is 62.8 Å². The molecule has 5 nitrogen and oxygen atoms in total. The summed E-state index contributed by atoms with van der Waals surface area (Å²) in [5.74, 6) is 0.498. The van der Waals surface area contributed by atoms with Gasteiger partial charge in [-0.15, -0.1) is 11.8 Å². The molecule has 2 N–H and O–H groups in total. The average Bonchev–Trinajstić information content (AvgIpc) is 2.92. The van der Waals surface area contributed by atoms with Crippen LogP contribution in [0.2, 0.25) is 5.02 Å². The van der Waals surface area contributed by atoms with E-state index in [1.807, 2.05) is 0 Å². The number of fused-ring (bicyclic) bond motifs is 2. The number of alkyl halides is 3. The number of benzene rings is 2. The number of hydrogen-bond acceptors (Lipinski definition) is 5. The topological polar surface area (TPSA) is 73.4 Å². The first-order chi connectivity index (χ1) is 19.1. The highest BCUT2D eigenvalue weighted by molar-refractivity contribution is 8.00. The second-order valence-corrected chi connectivity index (χ2v) is 12.2. The Morgan fingerprint density at radius 2 is 1.88 bits per heavy atom. The van der Waals surface area contributed by atoms with Crippen LogP contribution in [0.5, 0.6) is 5.75 Å². The number of pyridine rings is 1. The summed E-state index contributed by atoms with van der Waals surface area (Å²) in [5.41, 5.74) is -0.995. The number of phenols is 1. The molecular formula is C30H32ClF3N2O3S. The van der Waals surface area contributed by atoms with Crippen molar-refractivity contribution in [1.29, 1.82) is 0 Å². The number of H-pyrrole nitrogens is 1. The van der Waals surface area contributed by atoms with E-state index in [2.05, 4.69) is 9.88 Å². The molecule has 1 saturated heterocycles. The van der Waals surface area contributed by atoms with Crippen LogP contribution in [0.4, 0.5) is 13.2 Å². The average molecular weight is 593 g/mol. The highest BCUT2D eigenvalue weighted by Crippen LogP contribution is 2.42. The number of nitrogens with zero attached hydrogens (tertiary/aromatic N) is 1. The fraction of sp³-hybridized carbons (Fsp3) is 0.467. The van der Waals surface area contributed by atoms with Crippen LogP contribution in [0.3, 0.4) is 0 Å². The van der Waals surface area contributed by atoms with Crippen LogP contribution in [0.25, 0.3) is 22.0 Å². The van der Waals surface area contributed by atoms with Crippen molar-refractivity contribution >= 4 is 40.0 Å². The summed E-state index contributed by atoms with van der Waals surface area (Å²) < 4.78 is 40.7. The lowest BCUT2D eigenvalue weighted by molar-refractivity contribution is -0.137. The molecule has 214 valence electrons. The zero-order valence-corrected chi connectivity index (χ0v) is 23.6. The van der Waals surface area contributed by atoms with E-state index in [4.69, 9.17) is 11.6 Å². The molecule has 0 bridgehead atoms. The summed E-state index contributed by atoms with van der Waals surface area (Å²) in [5, 5.41) is 11.0. The number of ketones is 1. The van der Waals surface area contributed by atoms with Gasteiger partial charge in [-0.05, 0) is 87.5 Å². The number of rotatable bonds is 8. The van der Waals surface area contributed by atoms with Crippen LogP contribution in [-0.4, -0.2) is 45.7 Å². The summed E-state index contributed by atoms with van der Waals surface area (Å²) in [6, 6.07) is 7.85. The largest absolute Gasteiger partial charge is 0.507 e. The quantitative estimate of drug-likeness (QED) is 0.263. The third kappa shape index (κ3) is 6.37. The maximum Gasteiger partial charge on any atom is 0.416 e. The molecule has 5 rings (SSSR count). The molecule has 0 amide bonds. The van der Waals surface area contributed by atoms with Gasteiger partial charge >= 0.3 is 6.18 Å². The molecule has 2 unspecified atom stereocenters. The molecule has 2 heterocycles. The Labute approximate surface area is 240 Å². The van der Waals surface area contributed by atoms with E-state index in [-0.39, 0.29) is 49.2 Å². The Bertz CT molecular complexity index is 1460. The van der Waals surface area contributed by atoms with Crippen LogP contribution >= 0.6 is 23.4 Å². The standard InChI is InChI=1S/C30H32ClF3N2O3S/c31-20-10-12-26(38)23(16-20)27-22-15-19(30(32,33)34)9-11-24(22)35-29(39)28(27)40-17-21(37)7-4-14-36-13-3-6-18-5-1-2-8-25(18)36/h9-12,15-16,18,25,38H,1-8,13-14,17H2,(H,35,39). The van der Waals surface area contributed by atoms with Gasteiger partial charge in [0.15, 0.2) is 0 Å². The van der Waals surface area contributed by atoms with Crippen LogP contribution in [0, 0.1) is 5.92 Å². The molecule has 40 heavy (non-hydrogen) atoms. The fourth-order valence-electron chi connectivity index (χ4n) is 6.27. The first-order valence-electron chi connectivity index (χ1n) is 13.8. The number of hydrogen-bond donors (Lipinski definition) is 2. The molecule has 1 aliphatic heterocycles. The van der Waals surface area contributed by atoms with E-state index >= 15 is 0 Å². The van der Waals surface area contributed by atoms with Crippen LogP contribution < -0.4 is 5.56 Å². The minimum atomic E-state index is -4.60. The number of carbonyl (C=O) groups is 1. The summed E-state index contributed by atoms with van der Waals surface area (Å²) in [6.07, 6.45) is 4.09. The van der Waals surface area contributed by atoms with Gasteiger partial charge in [0.2, 0.25) is 0 Å². The van der Waals surface area contributed by atoms with E-state index in [9.17, 15) is 27.9 Å². The van der Waals surface area contributed by atoms with Crippen molar-refractivity contribution in [2.75, 3.05) is 18.8 Å². The molecular weight excluding hydrogens is 561 g/mol. The van der Waals surface area contributed by atoms with Gasteiger partial charge in [0.25, 0.3) is 5.56 Å². The number of aromatic nitrogens is 1. The predicted molar refractivity (Wildman–Crippen MR) is 153 cm³/mol. The number of likely N-dealkylation sites (tertiary alicyclic amines) is 1. The Hall–Kier alpha value is -2.49. The maximum absolute atomic E-state index is 13.6. The lowest BCUT2D eigenvalue weighted by Crippen LogP contribution is -2.47. The van der Waals surface area contributed by atoms with Gasteiger partial charge in [0.05, 0.1) is 16.2 Å². The molecule has 0 radical (unpaired) electrons. The fourth-order valence-corrected chi connectivity index (χ4v) is 7.44. The molecule has 1 aliphatic carbocycles. The zero-order chi connectivity index (χ0) is 28.4. The number of aromatic hydroxyl groups is 1. The summed E-state index contributed by atoms with van der Waals surface area (Å²) in [6.45, 7) is 1.94. The second kappa shape index (κ2) is 12.2. The van der Waals surface area contributed by atoms with Gasteiger partial charge in [-0.2, -0.15) is 13.2 Å². The van der Waals surface area contributed by atoms with Crippen molar-refractivity contribution in [3.63, 3.8) is 0 Å². The first-order valence-corrected chi connectivity index (χ1v) is 15.1. The first kappa shape index (κ1) is 29.0. The number of phenolic OH excluding ortho intramolecular Hbond substituents is 1. The number of Topliss-reactive ketones (excluding diaryl/α,β-unsaturated/α-hetero) is 1. The Kier molecular flexibility index (Phi) is 8.83. The summed E-state index contributed by atoms with van der Waals surface area (Å²) in [4.78, 5) is 31.3. The van der Waals surface area contributed by atoms with E-state index in [0.717, 1.165) is 49.3 Å². The Morgan fingerprint density at radius 1 is 1.10 bits per heavy atom. The molecule has 2 aromatic carbocycles. The van der Waals surface area contributed by atoms with Gasteiger partial charge in [-0.1, -0.05) is 24.4 Å². The SMILES string of the molecule is O=C(CCCN1CCCC2CCCCC21)CSc1c(-c2cc(Cl)ccc2O)c2cc(C(F)(F)F)ccc2[nH]c1=O. The van der Waals surface area contributed by atoms with Crippen LogP contribution in [0.1, 0.15) is 56.9 Å². The predicted octanol–water partition coefficient (Wildman–Crippen LogP) is 7.67. The Balaban J connectivity index is 1.37. The van der Waals surface area contributed by atoms with Crippen molar-refractivity contribution in [3.05, 3.63) is 57.3 Å². The maximum atomic E-state index is 13.6. The second-order valence-electron chi connectivity index (χ2n) is 10.8. The number of piperidine rings is 1.